The molecule has 0 atom stereocenters. The van der Waals surface area contributed by atoms with E-state index in [0.29, 0.717) is 41.2 Å². The number of anilines is 1. The molecule has 0 unspecified atom stereocenters. The Kier molecular flexibility index (Phi) is 6.65. The van der Waals surface area contributed by atoms with Gasteiger partial charge in [-0.25, -0.2) is 4.98 Å². The van der Waals surface area contributed by atoms with Crippen LogP contribution in [0.3, 0.4) is 0 Å². The lowest BCUT2D eigenvalue weighted by atomic mass is 9.84. The molecule has 182 valence electrons. The Morgan fingerprint density at radius 2 is 2.00 bits per heavy atom. The lowest BCUT2D eigenvalue weighted by Crippen LogP contribution is -2.38. The lowest BCUT2D eigenvalue weighted by Gasteiger charge is -2.29. The van der Waals surface area contributed by atoms with Crippen molar-refractivity contribution < 1.29 is 23.8 Å². The summed E-state index contributed by atoms with van der Waals surface area (Å²) in [7, 11) is 1.59. The minimum atomic E-state index is -0.217. The van der Waals surface area contributed by atoms with E-state index in [1.165, 1.54) is 0 Å². The standard InChI is InChI=1S/C26H28N4O5/c1-33-25-9-7-20-21(30-25)13-19(14-27-20)34-11-10-16-2-5-18(6-3-16)28-26(32)17-4-8-23-22(12-17)29-24(31)15-35-23/h4,7-9,12-14,16,18H,2-3,5-6,10-11,15H2,1H3,(H,28,32)(H,29,31). The molecule has 3 aromatic rings. The van der Waals surface area contributed by atoms with Gasteiger partial charge in [0.2, 0.25) is 5.88 Å². The Balaban J connectivity index is 1.07. The third kappa shape index (κ3) is 5.45. The minimum absolute atomic E-state index is 0.00158. The lowest BCUT2D eigenvalue weighted by molar-refractivity contribution is -0.118. The molecule has 2 aromatic heterocycles. The van der Waals surface area contributed by atoms with Crippen LogP contribution in [-0.4, -0.2) is 48.1 Å². The fraction of sp³-hybridized carbons (Fsp3) is 0.385. The van der Waals surface area contributed by atoms with Crippen LogP contribution in [0.15, 0.2) is 42.6 Å². The van der Waals surface area contributed by atoms with Gasteiger partial charge in [-0.3, -0.25) is 14.6 Å². The van der Waals surface area contributed by atoms with E-state index in [1.54, 1.807) is 37.6 Å². The third-order valence-electron chi connectivity index (χ3n) is 6.55. The van der Waals surface area contributed by atoms with Crippen molar-refractivity contribution in [3.63, 3.8) is 0 Å². The molecule has 1 saturated carbocycles. The maximum Gasteiger partial charge on any atom is 0.262 e. The van der Waals surface area contributed by atoms with Crippen LogP contribution in [0.1, 0.15) is 42.5 Å². The molecule has 0 spiro atoms. The Morgan fingerprint density at radius 1 is 1.14 bits per heavy atom. The molecule has 1 aromatic carbocycles. The van der Waals surface area contributed by atoms with Crippen molar-refractivity contribution in [2.24, 2.45) is 5.92 Å². The highest BCUT2D eigenvalue weighted by molar-refractivity contribution is 5.99. The summed E-state index contributed by atoms with van der Waals surface area (Å²) in [4.78, 5) is 33.1. The van der Waals surface area contributed by atoms with Crippen molar-refractivity contribution in [3.05, 3.63) is 48.2 Å². The van der Waals surface area contributed by atoms with Crippen LogP contribution in [0.4, 0.5) is 5.69 Å². The molecular weight excluding hydrogens is 448 g/mol. The molecule has 0 radical (unpaired) electrons. The van der Waals surface area contributed by atoms with E-state index in [-0.39, 0.29) is 24.5 Å². The Labute approximate surface area is 203 Å². The van der Waals surface area contributed by atoms with Crippen LogP contribution in [0.5, 0.6) is 17.4 Å². The zero-order chi connectivity index (χ0) is 24.2. The Morgan fingerprint density at radius 3 is 2.83 bits per heavy atom. The number of pyridine rings is 2. The van der Waals surface area contributed by atoms with Gasteiger partial charge in [0.25, 0.3) is 11.8 Å². The highest BCUT2D eigenvalue weighted by Gasteiger charge is 2.24. The molecule has 0 bridgehead atoms. The van der Waals surface area contributed by atoms with Crippen molar-refractivity contribution in [1.82, 2.24) is 15.3 Å². The Hall–Kier alpha value is -3.88. The number of ether oxygens (including phenoxy) is 3. The van der Waals surface area contributed by atoms with Crippen molar-refractivity contribution in [2.45, 2.75) is 38.1 Å². The first kappa shape index (κ1) is 22.9. The maximum atomic E-state index is 12.7. The van der Waals surface area contributed by atoms with Crippen LogP contribution in [0.2, 0.25) is 0 Å². The van der Waals surface area contributed by atoms with Gasteiger partial charge in [-0.1, -0.05) is 0 Å². The zero-order valence-electron chi connectivity index (χ0n) is 19.6. The largest absolute Gasteiger partial charge is 0.492 e. The molecule has 0 saturated heterocycles. The van der Waals surface area contributed by atoms with Gasteiger partial charge in [0.1, 0.15) is 11.5 Å². The molecule has 9 heteroatoms. The predicted octanol–water partition coefficient (Wildman–Crippen LogP) is 3.73. The summed E-state index contributed by atoms with van der Waals surface area (Å²) in [6.07, 6.45) is 6.62. The molecule has 1 fully saturated rings. The number of methoxy groups -OCH3 is 1. The van der Waals surface area contributed by atoms with Gasteiger partial charge in [-0.2, -0.15) is 0 Å². The number of hydrogen-bond donors (Lipinski definition) is 2. The van der Waals surface area contributed by atoms with Gasteiger partial charge in [0.15, 0.2) is 6.61 Å². The normalized spacial score (nSPS) is 19.3. The molecule has 2 amide bonds. The number of rotatable bonds is 7. The van der Waals surface area contributed by atoms with Gasteiger partial charge >= 0.3 is 0 Å². The summed E-state index contributed by atoms with van der Waals surface area (Å²) in [5.74, 6) is 2.04. The number of fused-ring (bicyclic) bond motifs is 2. The summed E-state index contributed by atoms with van der Waals surface area (Å²) in [6.45, 7) is 0.611. The fourth-order valence-corrected chi connectivity index (χ4v) is 4.59. The van der Waals surface area contributed by atoms with E-state index < -0.39 is 0 Å². The molecule has 1 aliphatic carbocycles. The van der Waals surface area contributed by atoms with E-state index >= 15 is 0 Å². The first-order chi connectivity index (χ1) is 17.1. The molecule has 2 N–H and O–H groups in total. The zero-order valence-corrected chi connectivity index (χ0v) is 19.6. The summed E-state index contributed by atoms with van der Waals surface area (Å²) in [5.41, 5.74) is 2.59. The smallest absolute Gasteiger partial charge is 0.262 e. The third-order valence-corrected chi connectivity index (χ3v) is 6.55. The molecule has 9 nitrogen and oxygen atoms in total. The predicted molar refractivity (Wildman–Crippen MR) is 130 cm³/mol. The van der Waals surface area contributed by atoms with Crippen LogP contribution >= 0.6 is 0 Å². The Bertz CT molecular complexity index is 1240. The first-order valence-corrected chi connectivity index (χ1v) is 11.9. The van der Waals surface area contributed by atoms with E-state index in [0.717, 1.165) is 43.1 Å². The molecule has 1 aliphatic heterocycles. The SMILES string of the molecule is COc1ccc2ncc(OCCC3CCC(NC(=O)c4ccc5c(c4)NC(=O)CO5)CC3)cc2n1. The summed E-state index contributed by atoms with van der Waals surface area (Å²) >= 11 is 0. The van der Waals surface area contributed by atoms with E-state index in [9.17, 15) is 9.59 Å². The second-order valence-electron chi connectivity index (χ2n) is 8.94. The van der Waals surface area contributed by atoms with Crippen molar-refractivity contribution in [3.8, 4) is 17.4 Å². The average molecular weight is 477 g/mol. The average Bonchev–Trinajstić information content (AvgIpc) is 2.88. The van der Waals surface area contributed by atoms with Gasteiger partial charge in [-0.05, 0) is 62.3 Å². The van der Waals surface area contributed by atoms with Crippen molar-refractivity contribution in [1.29, 1.82) is 0 Å². The van der Waals surface area contributed by atoms with Gasteiger partial charge in [0.05, 0.1) is 36.6 Å². The number of carbonyl (C=O) groups excluding carboxylic acids is 2. The topological polar surface area (TPSA) is 112 Å². The van der Waals surface area contributed by atoms with Crippen molar-refractivity contribution >= 4 is 28.5 Å². The van der Waals surface area contributed by atoms with Crippen LogP contribution in [-0.2, 0) is 4.79 Å². The number of carbonyl (C=O) groups is 2. The molecule has 3 heterocycles. The van der Waals surface area contributed by atoms with Crippen LogP contribution in [0.25, 0.3) is 11.0 Å². The molecular formula is C26H28N4O5. The highest BCUT2D eigenvalue weighted by atomic mass is 16.5. The van der Waals surface area contributed by atoms with Crippen LogP contribution < -0.4 is 24.8 Å². The van der Waals surface area contributed by atoms with Crippen molar-refractivity contribution in [2.75, 3.05) is 25.6 Å². The van der Waals surface area contributed by atoms with E-state index in [4.69, 9.17) is 14.2 Å². The quantitative estimate of drug-likeness (QED) is 0.534. The number of amides is 2. The maximum absolute atomic E-state index is 12.7. The van der Waals surface area contributed by atoms with E-state index in [1.807, 2.05) is 12.1 Å². The number of nitrogens with zero attached hydrogens (tertiary/aromatic N) is 2. The summed E-state index contributed by atoms with van der Waals surface area (Å²) in [6, 6.07) is 10.8. The number of aromatic nitrogens is 2. The minimum Gasteiger partial charge on any atom is -0.492 e. The number of benzene rings is 1. The second kappa shape index (κ2) is 10.2. The fourth-order valence-electron chi connectivity index (χ4n) is 4.59. The van der Waals surface area contributed by atoms with Gasteiger partial charge in [0, 0.05) is 23.7 Å². The molecule has 2 aliphatic rings. The van der Waals surface area contributed by atoms with Gasteiger partial charge < -0.3 is 24.8 Å². The van der Waals surface area contributed by atoms with E-state index in [2.05, 4.69) is 20.6 Å². The number of nitrogens with one attached hydrogen (secondary N) is 2. The highest BCUT2D eigenvalue weighted by Crippen LogP contribution is 2.30. The second-order valence-corrected chi connectivity index (χ2v) is 8.94. The van der Waals surface area contributed by atoms with Crippen LogP contribution in [0, 0.1) is 5.92 Å². The molecule has 35 heavy (non-hydrogen) atoms. The molecule has 5 rings (SSSR count). The summed E-state index contributed by atoms with van der Waals surface area (Å²) in [5, 5.41) is 5.87. The number of hydrogen-bond acceptors (Lipinski definition) is 7. The monoisotopic (exact) mass is 476 g/mol. The summed E-state index contributed by atoms with van der Waals surface area (Å²) < 4.78 is 16.5. The van der Waals surface area contributed by atoms with Gasteiger partial charge in [-0.15, -0.1) is 0 Å². The first-order valence-electron chi connectivity index (χ1n) is 11.9.